The van der Waals surface area contributed by atoms with E-state index in [0.717, 1.165) is 12.6 Å². The van der Waals surface area contributed by atoms with Crippen molar-refractivity contribution >= 4 is 11.7 Å². The van der Waals surface area contributed by atoms with E-state index in [1.54, 1.807) is 7.05 Å². The standard InChI is InChI=1S/C7H9N.C3H5NO2.C2H4O2.C2H6/c1-8-7-5-3-2-4-6-7;1-4-2-3-6-5;1-2(3)4;1-2/h2-6,8H,1H3;4-5H,1H3;1H3,(H,3,4);1-2H3. The number of hydrogen-bond donors (Lipinski definition) is 4. The maximum Gasteiger partial charge on any atom is 0.300 e. The van der Waals surface area contributed by atoms with Crippen molar-refractivity contribution in [3.8, 4) is 12.2 Å². The van der Waals surface area contributed by atoms with Crippen LogP contribution in [0, 0.1) is 12.2 Å². The van der Waals surface area contributed by atoms with Gasteiger partial charge in [-0.05, 0) is 12.1 Å². The van der Waals surface area contributed by atoms with Crippen molar-refractivity contribution in [2.45, 2.75) is 20.8 Å². The van der Waals surface area contributed by atoms with Crippen molar-refractivity contribution < 1.29 is 20.0 Å². The highest BCUT2D eigenvalue weighted by molar-refractivity contribution is 5.62. The molecule has 0 aliphatic carbocycles. The Balaban J connectivity index is -0.000000215. The maximum absolute atomic E-state index is 9.00. The maximum atomic E-state index is 9.00. The zero-order valence-electron chi connectivity index (χ0n) is 12.6. The van der Waals surface area contributed by atoms with E-state index >= 15 is 0 Å². The average Bonchev–Trinajstić information content (AvgIpc) is 2.48. The van der Waals surface area contributed by atoms with E-state index in [9.17, 15) is 0 Å². The molecule has 0 spiro atoms. The summed E-state index contributed by atoms with van der Waals surface area (Å²) in [6.45, 7) is 5.08. The van der Waals surface area contributed by atoms with Gasteiger partial charge in [-0.15, -0.1) is 0 Å². The number of aliphatic carboxylic acids is 1. The van der Waals surface area contributed by atoms with E-state index in [1.165, 1.54) is 0 Å². The highest BCUT2D eigenvalue weighted by Crippen LogP contribution is 2.01. The SMILES string of the molecule is CC.CC(=O)O.CNC#COO.CNc1ccccc1. The third-order valence-corrected chi connectivity index (χ3v) is 1.28. The largest absolute Gasteiger partial charge is 0.481 e. The molecule has 0 radical (unpaired) electrons. The van der Waals surface area contributed by atoms with Crippen LogP contribution in [-0.4, -0.2) is 30.4 Å². The number of anilines is 1. The molecule has 1 rings (SSSR count). The number of rotatable bonds is 1. The predicted molar refractivity (Wildman–Crippen MR) is 81.2 cm³/mol. The summed E-state index contributed by atoms with van der Waals surface area (Å²) in [7, 11) is 3.53. The molecule has 0 saturated heterocycles. The molecule has 20 heavy (non-hydrogen) atoms. The fourth-order valence-corrected chi connectivity index (χ4v) is 0.679. The van der Waals surface area contributed by atoms with Crippen LogP contribution < -0.4 is 10.6 Å². The van der Waals surface area contributed by atoms with Crippen LogP contribution in [0.5, 0.6) is 0 Å². The number of para-hydroxylation sites is 1. The monoisotopic (exact) mass is 284 g/mol. The van der Waals surface area contributed by atoms with Crippen molar-refractivity contribution in [3.05, 3.63) is 30.3 Å². The van der Waals surface area contributed by atoms with Crippen LogP contribution in [0.1, 0.15) is 20.8 Å². The smallest absolute Gasteiger partial charge is 0.300 e. The summed E-state index contributed by atoms with van der Waals surface area (Å²) in [6.07, 6.45) is 1.89. The summed E-state index contributed by atoms with van der Waals surface area (Å²) in [5.74, 6) is -0.833. The van der Waals surface area contributed by atoms with Crippen LogP contribution in [-0.2, 0) is 9.68 Å². The van der Waals surface area contributed by atoms with Crippen molar-refractivity contribution in [1.29, 1.82) is 0 Å². The summed E-state index contributed by atoms with van der Waals surface area (Å²) in [5.41, 5.74) is 1.16. The number of nitrogens with one attached hydrogen (secondary N) is 2. The third-order valence-electron chi connectivity index (χ3n) is 1.28. The van der Waals surface area contributed by atoms with Gasteiger partial charge in [-0.3, -0.25) is 9.68 Å². The van der Waals surface area contributed by atoms with Crippen LogP contribution in [0.25, 0.3) is 0 Å². The lowest BCUT2D eigenvalue weighted by Gasteiger charge is -1.94. The summed E-state index contributed by atoms with van der Waals surface area (Å²) >= 11 is 0. The number of carboxylic acids is 1. The first-order valence-electron chi connectivity index (χ1n) is 5.98. The lowest BCUT2D eigenvalue weighted by molar-refractivity contribution is -0.171. The highest BCUT2D eigenvalue weighted by Gasteiger charge is 1.77. The minimum absolute atomic E-state index is 0.833. The molecule has 0 saturated carbocycles. The van der Waals surface area contributed by atoms with E-state index in [4.69, 9.17) is 15.2 Å². The minimum Gasteiger partial charge on any atom is -0.481 e. The third kappa shape index (κ3) is 29.6. The molecule has 0 aliphatic heterocycles. The number of carbonyl (C=O) groups is 1. The number of hydrogen-bond acceptors (Lipinski definition) is 5. The van der Waals surface area contributed by atoms with Gasteiger partial charge in [0, 0.05) is 26.7 Å². The lowest BCUT2D eigenvalue weighted by atomic mass is 10.3. The zero-order valence-corrected chi connectivity index (χ0v) is 12.6. The quantitative estimate of drug-likeness (QED) is 0.274. The molecule has 0 fully saturated rings. The number of benzene rings is 1. The number of carboxylic acid groups (broad SMARTS) is 1. The molecule has 0 unspecified atom stereocenters. The Kier molecular flexibility index (Phi) is 24.9. The topological polar surface area (TPSA) is 90.8 Å². The normalized spacial score (nSPS) is 6.50. The Bertz CT molecular complexity index is 346. The Morgan fingerprint density at radius 3 is 1.85 bits per heavy atom. The van der Waals surface area contributed by atoms with Gasteiger partial charge in [-0.2, -0.15) is 5.26 Å². The molecule has 0 aliphatic rings. The van der Waals surface area contributed by atoms with E-state index in [-0.39, 0.29) is 0 Å². The first-order valence-corrected chi connectivity index (χ1v) is 5.98. The van der Waals surface area contributed by atoms with E-state index in [0.29, 0.717) is 0 Å². The molecule has 6 heteroatoms. The van der Waals surface area contributed by atoms with Crippen LogP contribution in [0.3, 0.4) is 0 Å². The van der Waals surface area contributed by atoms with E-state index in [1.807, 2.05) is 57.3 Å². The van der Waals surface area contributed by atoms with Crippen molar-refractivity contribution in [1.82, 2.24) is 5.32 Å². The van der Waals surface area contributed by atoms with Gasteiger partial charge in [0.05, 0.1) is 6.04 Å². The summed E-state index contributed by atoms with van der Waals surface area (Å²) < 4.78 is 0. The molecule has 114 valence electrons. The zero-order chi connectivity index (χ0) is 16.2. The van der Waals surface area contributed by atoms with Gasteiger partial charge in [-0.1, -0.05) is 32.0 Å². The molecular weight excluding hydrogens is 260 g/mol. The van der Waals surface area contributed by atoms with Gasteiger partial charge >= 0.3 is 0 Å². The van der Waals surface area contributed by atoms with Gasteiger partial charge in [0.25, 0.3) is 5.97 Å². The summed E-state index contributed by atoms with van der Waals surface area (Å²) in [6, 6.07) is 12.3. The van der Waals surface area contributed by atoms with Gasteiger partial charge in [0.15, 0.2) is 6.11 Å². The molecule has 0 heterocycles. The lowest BCUT2D eigenvalue weighted by Crippen LogP contribution is -1.91. The molecule has 0 bridgehead atoms. The minimum atomic E-state index is -0.833. The highest BCUT2D eigenvalue weighted by atomic mass is 17.1. The molecule has 0 aromatic heterocycles. The molecule has 6 nitrogen and oxygen atoms in total. The fourth-order valence-electron chi connectivity index (χ4n) is 0.679. The van der Waals surface area contributed by atoms with Crippen LogP contribution in [0.15, 0.2) is 30.3 Å². The summed E-state index contributed by atoms with van der Waals surface area (Å²) in [4.78, 5) is 12.4. The first-order chi connectivity index (χ1) is 9.58. The van der Waals surface area contributed by atoms with Gasteiger partial charge in [-0.25, -0.2) is 0 Å². The van der Waals surface area contributed by atoms with Crippen molar-refractivity contribution in [3.63, 3.8) is 0 Å². The second kappa shape index (κ2) is 21.9. The van der Waals surface area contributed by atoms with Crippen molar-refractivity contribution in [2.75, 3.05) is 19.4 Å². The van der Waals surface area contributed by atoms with Gasteiger partial charge in [0.1, 0.15) is 0 Å². The van der Waals surface area contributed by atoms with E-state index < -0.39 is 5.97 Å². The van der Waals surface area contributed by atoms with Crippen molar-refractivity contribution in [2.24, 2.45) is 0 Å². The predicted octanol–water partition coefficient (Wildman–Crippen LogP) is 2.46. The second-order valence-corrected chi connectivity index (χ2v) is 2.70. The second-order valence-electron chi connectivity index (χ2n) is 2.70. The Hall–Kier alpha value is -2.39. The fraction of sp³-hybridized carbons (Fsp3) is 0.357. The Morgan fingerprint density at radius 1 is 1.20 bits per heavy atom. The van der Waals surface area contributed by atoms with Crippen LogP contribution in [0.4, 0.5) is 5.69 Å². The molecular formula is C14H24N2O4. The first kappa shape index (κ1) is 22.8. The Labute approximate surface area is 120 Å². The molecule has 1 aromatic rings. The molecule has 4 N–H and O–H groups in total. The summed E-state index contributed by atoms with van der Waals surface area (Å²) in [5, 5.41) is 20.3. The van der Waals surface area contributed by atoms with Crippen LogP contribution in [0.2, 0.25) is 0 Å². The average molecular weight is 284 g/mol. The van der Waals surface area contributed by atoms with Crippen LogP contribution >= 0.6 is 0 Å². The van der Waals surface area contributed by atoms with Gasteiger partial charge in [0.2, 0.25) is 0 Å². The molecule has 0 amide bonds. The van der Waals surface area contributed by atoms with Gasteiger partial charge < -0.3 is 15.7 Å². The Morgan fingerprint density at radius 2 is 1.65 bits per heavy atom. The molecule has 0 atom stereocenters. The van der Waals surface area contributed by atoms with E-state index in [2.05, 4.69) is 21.6 Å². The molecule has 1 aromatic carbocycles.